The zero-order valence-corrected chi connectivity index (χ0v) is 11.2. The lowest BCUT2D eigenvalue weighted by molar-refractivity contribution is -0.149. The number of aliphatic carboxylic acids is 1. The monoisotopic (exact) mass is 292 g/mol. The molecule has 2 fully saturated rings. The van der Waals surface area contributed by atoms with Crippen LogP contribution < -0.4 is 10.9 Å². The number of rotatable bonds is 3. The van der Waals surface area contributed by atoms with E-state index in [2.05, 4.69) is 10.9 Å². The summed E-state index contributed by atoms with van der Waals surface area (Å²) in [6.07, 6.45) is 3.87. The summed E-state index contributed by atoms with van der Waals surface area (Å²) in [6.45, 7) is 0. The quantitative estimate of drug-likeness (QED) is 0.714. The second-order valence-corrected chi connectivity index (χ2v) is 5.64. The van der Waals surface area contributed by atoms with Gasteiger partial charge in [-0.1, -0.05) is 0 Å². The highest BCUT2D eigenvalue weighted by molar-refractivity contribution is 5.94. The van der Waals surface area contributed by atoms with E-state index in [4.69, 9.17) is 4.42 Å². The highest BCUT2D eigenvalue weighted by atomic mass is 16.4. The van der Waals surface area contributed by atoms with Gasteiger partial charge >= 0.3 is 11.9 Å². The first-order valence-corrected chi connectivity index (χ1v) is 6.94. The number of amides is 2. The Bertz CT molecular complexity index is 568. The third-order valence-corrected chi connectivity index (χ3v) is 4.55. The first-order valence-electron chi connectivity index (χ1n) is 6.94. The summed E-state index contributed by atoms with van der Waals surface area (Å²) in [5.41, 5.74) is 4.58. The fraction of sp³-hybridized carbons (Fsp3) is 0.500. The van der Waals surface area contributed by atoms with Crippen LogP contribution in [0.1, 0.15) is 29.8 Å². The maximum Gasteiger partial charge on any atom is 0.307 e. The fourth-order valence-electron chi connectivity index (χ4n) is 3.69. The molecule has 0 saturated heterocycles. The lowest BCUT2D eigenvalue weighted by Gasteiger charge is -2.26. The summed E-state index contributed by atoms with van der Waals surface area (Å²) >= 11 is 0. The number of hydrogen-bond donors (Lipinski definition) is 3. The van der Waals surface area contributed by atoms with Crippen LogP contribution in [0.2, 0.25) is 0 Å². The number of carboxylic acid groups (broad SMARTS) is 1. The Morgan fingerprint density at radius 2 is 1.86 bits per heavy atom. The largest absolute Gasteiger partial charge is 0.481 e. The third-order valence-electron chi connectivity index (χ3n) is 4.55. The summed E-state index contributed by atoms with van der Waals surface area (Å²) in [5.74, 6) is -2.90. The van der Waals surface area contributed by atoms with Crippen LogP contribution >= 0.6 is 0 Å². The highest BCUT2D eigenvalue weighted by Gasteiger charge is 2.54. The minimum absolute atomic E-state index is 0.0732. The van der Waals surface area contributed by atoms with E-state index in [1.54, 1.807) is 6.07 Å². The van der Waals surface area contributed by atoms with Crippen molar-refractivity contribution in [3.05, 3.63) is 24.2 Å². The molecule has 0 aromatic carbocycles. The molecule has 1 aromatic rings. The maximum atomic E-state index is 12.2. The molecular weight excluding hydrogens is 276 g/mol. The second-order valence-electron chi connectivity index (χ2n) is 5.64. The van der Waals surface area contributed by atoms with Crippen LogP contribution in [0.25, 0.3) is 0 Å². The normalized spacial score (nSPS) is 30.1. The van der Waals surface area contributed by atoms with Crippen LogP contribution in [0, 0.1) is 23.7 Å². The molecule has 1 heterocycles. The van der Waals surface area contributed by atoms with Crippen molar-refractivity contribution in [1.29, 1.82) is 0 Å². The van der Waals surface area contributed by atoms with Gasteiger partial charge in [-0.15, -0.1) is 0 Å². The Balaban J connectivity index is 1.62. The molecule has 3 rings (SSSR count). The van der Waals surface area contributed by atoms with Crippen molar-refractivity contribution in [3.63, 3.8) is 0 Å². The van der Waals surface area contributed by atoms with Crippen molar-refractivity contribution < 1.29 is 23.9 Å². The van der Waals surface area contributed by atoms with Crippen molar-refractivity contribution >= 4 is 17.8 Å². The summed E-state index contributed by atoms with van der Waals surface area (Å²) in [5, 5.41) is 9.30. The van der Waals surface area contributed by atoms with Crippen LogP contribution in [0.15, 0.2) is 22.8 Å². The molecular formula is C14H16N2O5. The van der Waals surface area contributed by atoms with Crippen molar-refractivity contribution in [2.75, 3.05) is 0 Å². The summed E-state index contributed by atoms with van der Waals surface area (Å²) < 4.78 is 4.90. The first-order chi connectivity index (χ1) is 10.1. The van der Waals surface area contributed by atoms with E-state index in [0.717, 1.165) is 19.3 Å². The number of furan rings is 1. The van der Waals surface area contributed by atoms with E-state index in [-0.39, 0.29) is 17.6 Å². The molecule has 1 aromatic heterocycles. The summed E-state index contributed by atoms with van der Waals surface area (Å²) in [6, 6.07) is 3.03. The average molecular weight is 292 g/mol. The number of carboxylic acids is 1. The number of hydrazine groups is 1. The number of hydrogen-bond acceptors (Lipinski definition) is 4. The number of carbonyl (C=O) groups is 3. The van der Waals surface area contributed by atoms with Crippen LogP contribution in [0.4, 0.5) is 0 Å². The molecule has 0 radical (unpaired) electrons. The lowest BCUT2D eigenvalue weighted by Crippen LogP contribution is -2.48. The second kappa shape index (κ2) is 5.23. The van der Waals surface area contributed by atoms with Gasteiger partial charge in [0, 0.05) is 0 Å². The van der Waals surface area contributed by atoms with Crippen molar-refractivity contribution in [2.24, 2.45) is 23.7 Å². The van der Waals surface area contributed by atoms with Gasteiger partial charge in [-0.25, -0.2) is 0 Å². The molecule has 2 amide bonds. The molecule has 2 bridgehead atoms. The van der Waals surface area contributed by atoms with E-state index in [0.29, 0.717) is 0 Å². The Labute approximate surface area is 120 Å². The first kappa shape index (κ1) is 13.7. The molecule has 7 heteroatoms. The molecule has 112 valence electrons. The van der Waals surface area contributed by atoms with Gasteiger partial charge in [0.2, 0.25) is 5.91 Å². The Hall–Kier alpha value is -2.31. The molecule has 0 aliphatic heterocycles. The molecule has 7 nitrogen and oxygen atoms in total. The minimum Gasteiger partial charge on any atom is -0.481 e. The number of carbonyl (C=O) groups excluding carboxylic acids is 2. The molecule has 2 saturated carbocycles. The van der Waals surface area contributed by atoms with Crippen molar-refractivity contribution in [3.8, 4) is 0 Å². The molecule has 0 spiro atoms. The van der Waals surface area contributed by atoms with Gasteiger partial charge in [-0.3, -0.25) is 25.2 Å². The number of fused-ring (bicyclic) bond motifs is 2. The molecule has 21 heavy (non-hydrogen) atoms. The Morgan fingerprint density at radius 3 is 2.48 bits per heavy atom. The van der Waals surface area contributed by atoms with E-state index in [1.807, 2.05) is 0 Å². The van der Waals surface area contributed by atoms with Crippen molar-refractivity contribution in [2.45, 2.75) is 19.3 Å². The molecule has 4 atom stereocenters. The van der Waals surface area contributed by atoms with Gasteiger partial charge < -0.3 is 9.52 Å². The fourth-order valence-corrected chi connectivity index (χ4v) is 3.69. The van der Waals surface area contributed by atoms with E-state index in [9.17, 15) is 19.5 Å². The van der Waals surface area contributed by atoms with Gasteiger partial charge in [0.15, 0.2) is 5.76 Å². The minimum atomic E-state index is -0.931. The topological polar surface area (TPSA) is 109 Å². The van der Waals surface area contributed by atoms with Gasteiger partial charge in [0.05, 0.1) is 18.1 Å². The SMILES string of the molecule is O=C(NNC(=O)[C@H]1[C@H]2CC[C@H](C2)[C@H]1C(=O)O)c1ccco1. The van der Waals surface area contributed by atoms with Crippen LogP contribution in [0.5, 0.6) is 0 Å². The molecule has 3 N–H and O–H groups in total. The van der Waals surface area contributed by atoms with Crippen LogP contribution in [-0.2, 0) is 9.59 Å². The summed E-state index contributed by atoms with van der Waals surface area (Å²) in [4.78, 5) is 35.2. The highest BCUT2D eigenvalue weighted by Crippen LogP contribution is 2.52. The van der Waals surface area contributed by atoms with Crippen molar-refractivity contribution in [1.82, 2.24) is 10.9 Å². The average Bonchev–Trinajstić information content (AvgIpc) is 3.17. The predicted molar refractivity (Wildman–Crippen MR) is 69.8 cm³/mol. The van der Waals surface area contributed by atoms with E-state index < -0.39 is 29.6 Å². The smallest absolute Gasteiger partial charge is 0.307 e. The summed E-state index contributed by atoms with van der Waals surface area (Å²) in [7, 11) is 0. The molecule has 0 unspecified atom stereocenters. The predicted octanol–water partition coefficient (Wildman–Crippen LogP) is 0.788. The van der Waals surface area contributed by atoms with Gasteiger partial charge in [0.25, 0.3) is 0 Å². The number of nitrogens with one attached hydrogen (secondary N) is 2. The van der Waals surface area contributed by atoms with E-state index in [1.165, 1.54) is 12.3 Å². The van der Waals surface area contributed by atoms with Crippen LogP contribution in [-0.4, -0.2) is 22.9 Å². The third kappa shape index (κ3) is 2.39. The van der Waals surface area contributed by atoms with Gasteiger partial charge in [-0.05, 0) is 43.2 Å². The zero-order chi connectivity index (χ0) is 15.0. The van der Waals surface area contributed by atoms with Crippen LogP contribution in [0.3, 0.4) is 0 Å². The Morgan fingerprint density at radius 1 is 1.14 bits per heavy atom. The molecule has 2 aliphatic rings. The standard InChI is InChI=1S/C14H16N2O5/c17-12(9-2-1-5-21-9)15-16-13(18)10-7-3-4-8(6-7)11(10)14(19)20/h1-2,5,7-8,10-11H,3-4,6H2,(H,15,17)(H,16,18)(H,19,20)/t7-,8+,10-,11+/m0/s1. The van der Waals surface area contributed by atoms with Gasteiger partial charge in [-0.2, -0.15) is 0 Å². The molecule has 2 aliphatic carbocycles. The lowest BCUT2D eigenvalue weighted by atomic mass is 9.79. The Kier molecular flexibility index (Phi) is 3.40. The van der Waals surface area contributed by atoms with Gasteiger partial charge in [0.1, 0.15) is 0 Å². The maximum absolute atomic E-state index is 12.2. The zero-order valence-electron chi connectivity index (χ0n) is 11.2. The van der Waals surface area contributed by atoms with E-state index >= 15 is 0 Å².